The van der Waals surface area contributed by atoms with Gasteiger partial charge in [0.25, 0.3) is 0 Å². The summed E-state index contributed by atoms with van der Waals surface area (Å²) in [5, 5.41) is 0. The van der Waals surface area contributed by atoms with Crippen molar-refractivity contribution in [2.45, 2.75) is 0 Å². The number of rotatable bonds is 0. The Hall–Kier alpha value is 0.528. The Morgan fingerprint density at radius 3 is 0.600 bits per heavy atom. The first-order valence-electron chi connectivity index (χ1n) is 0. The maximum atomic E-state index is 0. The summed E-state index contributed by atoms with van der Waals surface area (Å²) in [7, 11) is 0. The van der Waals surface area contributed by atoms with Crippen LogP contribution in [0, 0.1) is 0 Å². The molecule has 0 aliphatic carbocycles. The fraction of sp³-hybridized carbons (Fsp3) is 0. The maximum absolute atomic E-state index is 0. The Morgan fingerprint density at radius 2 is 0.600 bits per heavy atom. The van der Waals surface area contributed by atoms with Gasteiger partial charge in [-0.1, -0.05) is 0 Å². The molecule has 0 aromatic heterocycles. The monoisotopic (exact) mass is 164 g/mol. The second-order valence-electron chi connectivity index (χ2n) is 0. The molecule has 0 bridgehead atoms. The van der Waals surface area contributed by atoms with Gasteiger partial charge in [0.1, 0.15) is 0 Å². The summed E-state index contributed by atoms with van der Waals surface area (Å²) >= 11 is 0. The van der Waals surface area contributed by atoms with Crippen molar-refractivity contribution in [3.05, 3.63) is 0 Å². The summed E-state index contributed by atoms with van der Waals surface area (Å²) < 4.78 is 0. The van der Waals surface area contributed by atoms with E-state index < -0.39 is 0 Å². The van der Waals surface area contributed by atoms with E-state index in [4.69, 9.17) is 0 Å². The van der Waals surface area contributed by atoms with E-state index in [1.165, 1.54) is 0 Å². The molecular weight excluding hydrogens is 160 g/mol. The molecule has 0 heterocycles. The quantitative estimate of drug-likeness (QED) is 0.398. The van der Waals surface area contributed by atoms with E-state index in [1.54, 1.807) is 0 Å². The van der Waals surface area contributed by atoms with E-state index in [9.17, 15) is 0 Å². The minimum atomic E-state index is 0. The SMILES string of the molecule is O.[Mo+6].[O-2].[O-2].[O-2]. The second kappa shape index (κ2) is 202. The summed E-state index contributed by atoms with van der Waals surface area (Å²) in [5.41, 5.74) is 0. The van der Waals surface area contributed by atoms with Crippen LogP contribution < -0.4 is 0 Å². The topological polar surface area (TPSA) is 117 Å². The normalized spacial score (nSPS) is 0. The summed E-state index contributed by atoms with van der Waals surface area (Å²) in [6, 6.07) is 0. The van der Waals surface area contributed by atoms with E-state index in [0.29, 0.717) is 0 Å². The summed E-state index contributed by atoms with van der Waals surface area (Å²) in [5.74, 6) is 0. The van der Waals surface area contributed by atoms with Crippen molar-refractivity contribution in [1.82, 2.24) is 0 Å². The first-order valence-corrected chi connectivity index (χ1v) is 0. The van der Waals surface area contributed by atoms with Gasteiger partial charge in [-0.2, -0.15) is 0 Å². The number of hydrogen-bond donors (Lipinski definition) is 0. The first kappa shape index (κ1) is 406. The van der Waals surface area contributed by atoms with Crippen LogP contribution in [0.3, 0.4) is 0 Å². The molecule has 0 atom stereocenters. The van der Waals surface area contributed by atoms with Crippen LogP contribution >= 0.6 is 0 Å². The average Bonchev–Trinajstić information content (AvgIpc) is 0. The summed E-state index contributed by atoms with van der Waals surface area (Å²) in [6.07, 6.45) is 0. The first-order chi connectivity index (χ1) is 0. The van der Waals surface area contributed by atoms with Crippen molar-refractivity contribution < 1.29 is 43.0 Å². The molecule has 0 fully saturated rings. The van der Waals surface area contributed by atoms with Crippen LogP contribution in [0.4, 0.5) is 0 Å². The molecule has 2 N–H and O–H groups in total. The summed E-state index contributed by atoms with van der Waals surface area (Å²) in [4.78, 5) is 0. The van der Waals surface area contributed by atoms with Crippen molar-refractivity contribution in [2.24, 2.45) is 0 Å². The van der Waals surface area contributed by atoms with E-state index in [2.05, 4.69) is 0 Å². The van der Waals surface area contributed by atoms with Crippen LogP contribution in [0.25, 0.3) is 0 Å². The third-order valence-electron chi connectivity index (χ3n) is 0. The van der Waals surface area contributed by atoms with Crippen molar-refractivity contribution >= 4 is 0 Å². The van der Waals surface area contributed by atoms with E-state index in [0.717, 1.165) is 0 Å². The van der Waals surface area contributed by atoms with E-state index in [1.807, 2.05) is 0 Å². The number of hydrogen-bond acceptors (Lipinski definition) is 0. The Morgan fingerprint density at radius 1 is 0.600 bits per heavy atom. The van der Waals surface area contributed by atoms with Crippen LogP contribution in [-0.4, -0.2) is 5.48 Å². The smallest absolute Gasteiger partial charge is 2.00 e. The van der Waals surface area contributed by atoms with Gasteiger partial charge < -0.3 is 21.9 Å². The maximum Gasteiger partial charge on any atom is 6.00 e. The predicted molar refractivity (Wildman–Crippen MR) is 5.67 cm³/mol. The molecule has 0 spiro atoms. The molecule has 0 saturated heterocycles. The Kier molecular flexibility index (Phi) is 16400. The molecule has 0 amide bonds. The molecule has 5 heavy (non-hydrogen) atoms. The van der Waals surface area contributed by atoms with E-state index >= 15 is 0 Å². The summed E-state index contributed by atoms with van der Waals surface area (Å²) in [6.45, 7) is 0. The Labute approximate surface area is 43.7 Å². The van der Waals surface area contributed by atoms with Crippen LogP contribution in [0.15, 0.2) is 0 Å². The fourth-order valence-corrected chi connectivity index (χ4v) is 0. The predicted octanol–water partition coefficient (Wildman–Crippen LogP) is -1.18. The zero-order valence-corrected chi connectivity index (χ0v) is 4.14. The Balaban J connectivity index is 0. The molecule has 0 radical (unpaired) electrons. The van der Waals surface area contributed by atoms with Crippen LogP contribution in [0.1, 0.15) is 0 Å². The standard InChI is InChI=1S/Mo.H2O.3O/h;1H2;;;/q+6;;3*-2. The molecule has 0 aliphatic heterocycles. The van der Waals surface area contributed by atoms with Crippen molar-refractivity contribution in [2.75, 3.05) is 0 Å². The molecule has 0 saturated carbocycles. The van der Waals surface area contributed by atoms with Crippen molar-refractivity contribution in [3.63, 3.8) is 0 Å². The second-order valence-corrected chi connectivity index (χ2v) is 0. The molecule has 32 valence electrons. The van der Waals surface area contributed by atoms with Gasteiger partial charge >= 0.3 is 21.1 Å². The van der Waals surface area contributed by atoms with Crippen molar-refractivity contribution in [1.29, 1.82) is 0 Å². The third kappa shape index (κ3) is 104. The average molecular weight is 162 g/mol. The van der Waals surface area contributed by atoms with Crippen LogP contribution in [0.2, 0.25) is 0 Å². The van der Waals surface area contributed by atoms with Gasteiger partial charge in [0.05, 0.1) is 0 Å². The fourth-order valence-electron chi connectivity index (χ4n) is 0. The molecule has 0 aromatic rings. The van der Waals surface area contributed by atoms with E-state index in [-0.39, 0.29) is 43.0 Å². The molecule has 5 heteroatoms. The van der Waals surface area contributed by atoms with Crippen LogP contribution in [0.5, 0.6) is 0 Å². The van der Waals surface area contributed by atoms with Gasteiger partial charge in [-0.3, -0.25) is 0 Å². The molecule has 4 nitrogen and oxygen atoms in total. The molecular formula is H2MoO4. The Bertz CT molecular complexity index is 3.61. The largest absolute Gasteiger partial charge is 6.00 e. The van der Waals surface area contributed by atoms with Gasteiger partial charge in [-0.15, -0.1) is 0 Å². The van der Waals surface area contributed by atoms with Gasteiger partial charge in [0.15, 0.2) is 0 Å². The zero-order valence-electron chi connectivity index (χ0n) is 2.13. The molecule has 0 aliphatic rings. The molecule has 0 unspecified atom stereocenters. The minimum absolute atomic E-state index is 0. The van der Waals surface area contributed by atoms with Gasteiger partial charge in [-0.05, 0) is 0 Å². The molecule has 0 rings (SSSR count). The van der Waals surface area contributed by atoms with Crippen molar-refractivity contribution in [3.8, 4) is 0 Å². The minimum Gasteiger partial charge on any atom is -2.00 e. The zero-order chi connectivity index (χ0) is 0. The van der Waals surface area contributed by atoms with Gasteiger partial charge in [0.2, 0.25) is 0 Å². The third-order valence-corrected chi connectivity index (χ3v) is 0. The van der Waals surface area contributed by atoms with Gasteiger partial charge in [0, 0.05) is 0 Å². The van der Waals surface area contributed by atoms with Gasteiger partial charge in [-0.25, -0.2) is 0 Å². The molecule has 0 aromatic carbocycles. The van der Waals surface area contributed by atoms with Crippen LogP contribution in [-0.2, 0) is 37.5 Å².